The van der Waals surface area contributed by atoms with E-state index in [4.69, 9.17) is 16.3 Å². The van der Waals surface area contributed by atoms with Gasteiger partial charge in [0.1, 0.15) is 12.4 Å². The van der Waals surface area contributed by atoms with Gasteiger partial charge < -0.3 is 10.1 Å². The van der Waals surface area contributed by atoms with Crippen LogP contribution in [-0.2, 0) is 7.05 Å². The van der Waals surface area contributed by atoms with Gasteiger partial charge in [-0.25, -0.2) is 0 Å². The molecule has 6 heteroatoms. The van der Waals surface area contributed by atoms with Crippen molar-refractivity contribution in [1.29, 1.82) is 0 Å². The Kier molecular flexibility index (Phi) is 4.85. The van der Waals surface area contributed by atoms with Gasteiger partial charge in [0.25, 0.3) is 5.91 Å². The number of aromatic nitrogens is 2. The van der Waals surface area contributed by atoms with Crippen LogP contribution in [0.3, 0.4) is 0 Å². The summed E-state index contributed by atoms with van der Waals surface area (Å²) in [5.41, 5.74) is 2.21. The SMILES string of the molecule is Cc1nn(C)c(C)c1C(=O)NCCOc1ccc(Cl)cc1. The molecular weight excluding hydrogens is 290 g/mol. The van der Waals surface area contributed by atoms with E-state index in [-0.39, 0.29) is 5.91 Å². The van der Waals surface area contributed by atoms with E-state index in [1.807, 2.05) is 20.9 Å². The first-order valence-electron chi connectivity index (χ1n) is 6.66. The molecule has 0 saturated heterocycles. The number of ether oxygens (including phenoxy) is 1. The van der Waals surface area contributed by atoms with Crippen molar-refractivity contribution in [2.24, 2.45) is 7.05 Å². The van der Waals surface area contributed by atoms with Gasteiger partial charge in [0, 0.05) is 17.8 Å². The van der Waals surface area contributed by atoms with Gasteiger partial charge in [-0.3, -0.25) is 9.48 Å². The summed E-state index contributed by atoms with van der Waals surface area (Å²) in [5, 5.41) is 7.73. The van der Waals surface area contributed by atoms with Crippen molar-refractivity contribution < 1.29 is 9.53 Å². The highest BCUT2D eigenvalue weighted by atomic mass is 35.5. The van der Waals surface area contributed by atoms with Gasteiger partial charge in [-0.1, -0.05) is 11.6 Å². The first kappa shape index (κ1) is 15.4. The van der Waals surface area contributed by atoms with Crippen molar-refractivity contribution >= 4 is 17.5 Å². The van der Waals surface area contributed by atoms with E-state index in [0.717, 1.165) is 17.1 Å². The molecule has 0 spiro atoms. The lowest BCUT2D eigenvalue weighted by Crippen LogP contribution is -2.28. The Balaban J connectivity index is 1.83. The van der Waals surface area contributed by atoms with Gasteiger partial charge in [0.2, 0.25) is 0 Å². The van der Waals surface area contributed by atoms with Gasteiger partial charge in [-0.05, 0) is 38.1 Å². The zero-order valence-electron chi connectivity index (χ0n) is 12.3. The molecule has 0 unspecified atom stereocenters. The van der Waals surface area contributed by atoms with Crippen LogP contribution in [0, 0.1) is 13.8 Å². The fraction of sp³-hybridized carbons (Fsp3) is 0.333. The average molecular weight is 308 g/mol. The van der Waals surface area contributed by atoms with Crippen molar-refractivity contribution in [3.05, 3.63) is 46.2 Å². The van der Waals surface area contributed by atoms with Gasteiger partial charge in [0.15, 0.2) is 0 Å². The zero-order valence-corrected chi connectivity index (χ0v) is 13.1. The van der Waals surface area contributed by atoms with Crippen LogP contribution in [0.5, 0.6) is 5.75 Å². The third-order valence-corrected chi connectivity index (χ3v) is 3.46. The minimum Gasteiger partial charge on any atom is -0.492 e. The normalized spacial score (nSPS) is 10.5. The second-order valence-electron chi connectivity index (χ2n) is 4.73. The second kappa shape index (κ2) is 6.63. The lowest BCUT2D eigenvalue weighted by Gasteiger charge is -2.08. The Morgan fingerprint density at radius 3 is 2.57 bits per heavy atom. The Bertz CT molecular complexity index is 635. The number of hydrogen-bond acceptors (Lipinski definition) is 3. The largest absolute Gasteiger partial charge is 0.492 e. The summed E-state index contributed by atoms with van der Waals surface area (Å²) in [6, 6.07) is 7.11. The molecule has 1 amide bonds. The van der Waals surface area contributed by atoms with E-state index in [1.54, 1.807) is 28.9 Å². The molecule has 2 rings (SSSR count). The number of hydrogen-bond donors (Lipinski definition) is 1. The van der Waals surface area contributed by atoms with Gasteiger partial charge in [0.05, 0.1) is 17.8 Å². The summed E-state index contributed by atoms with van der Waals surface area (Å²) in [6.45, 7) is 4.52. The number of rotatable bonds is 5. The van der Waals surface area contributed by atoms with Crippen LogP contribution in [0.1, 0.15) is 21.7 Å². The molecule has 0 saturated carbocycles. The first-order chi connectivity index (χ1) is 9.99. The van der Waals surface area contributed by atoms with E-state index < -0.39 is 0 Å². The number of carbonyl (C=O) groups is 1. The fourth-order valence-corrected chi connectivity index (χ4v) is 2.18. The number of halogens is 1. The highest BCUT2D eigenvalue weighted by Gasteiger charge is 2.16. The third-order valence-electron chi connectivity index (χ3n) is 3.21. The predicted octanol–water partition coefficient (Wildman–Crippen LogP) is 2.50. The van der Waals surface area contributed by atoms with Gasteiger partial charge in [-0.15, -0.1) is 0 Å². The van der Waals surface area contributed by atoms with Crippen molar-refractivity contribution in [2.45, 2.75) is 13.8 Å². The van der Waals surface area contributed by atoms with Gasteiger partial charge in [-0.2, -0.15) is 5.10 Å². The summed E-state index contributed by atoms with van der Waals surface area (Å²) in [7, 11) is 1.82. The molecule has 0 radical (unpaired) electrons. The lowest BCUT2D eigenvalue weighted by molar-refractivity contribution is 0.0945. The van der Waals surface area contributed by atoms with Crippen LogP contribution in [-0.4, -0.2) is 28.8 Å². The molecule has 0 aliphatic heterocycles. The minimum absolute atomic E-state index is 0.127. The number of amides is 1. The molecule has 0 atom stereocenters. The second-order valence-corrected chi connectivity index (χ2v) is 5.16. The monoisotopic (exact) mass is 307 g/mol. The van der Waals surface area contributed by atoms with E-state index in [2.05, 4.69) is 10.4 Å². The molecule has 5 nitrogen and oxygen atoms in total. The molecule has 1 aromatic heterocycles. The summed E-state index contributed by atoms with van der Waals surface area (Å²) in [6.07, 6.45) is 0. The number of carbonyl (C=O) groups excluding carboxylic acids is 1. The van der Waals surface area contributed by atoms with Crippen LogP contribution < -0.4 is 10.1 Å². The molecule has 21 heavy (non-hydrogen) atoms. The quantitative estimate of drug-likeness (QED) is 0.864. The lowest BCUT2D eigenvalue weighted by atomic mass is 10.2. The standard InChI is InChI=1S/C15H18ClN3O2/c1-10-14(11(2)19(3)18-10)15(20)17-8-9-21-13-6-4-12(16)5-7-13/h4-7H,8-9H2,1-3H3,(H,17,20). The predicted molar refractivity (Wildman–Crippen MR) is 82.0 cm³/mol. The summed E-state index contributed by atoms with van der Waals surface area (Å²) in [4.78, 5) is 12.1. The number of benzene rings is 1. The highest BCUT2D eigenvalue weighted by molar-refractivity contribution is 6.30. The van der Waals surface area contributed by atoms with Crippen LogP contribution in [0.2, 0.25) is 5.02 Å². The number of aryl methyl sites for hydroxylation is 2. The van der Waals surface area contributed by atoms with E-state index in [0.29, 0.717) is 23.7 Å². The van der Waals surface area contributed by atoms with Crippen LogP contribution in [0.4, 0.5) is 0 Å². The molecule has 1 N–H and O–H groups in total. The van der Waals surface area contributed by atoms with Crippen molar-refractivity contribution in [3.63, 3.8) is 0 Å². The summed E-state index contributed by atoms with van der Waals surface area (Å²) >= 11 is 5.79. The molecule has 1 aromatic carbocycles. The average Bonchev–Trinajstić information content (AvgIpc) is 2.70. The Labute approximate surface area is 128 Å². The molecule has 1 heterocycles. The Morgan fingerprint density at radius 1 is 1.33 bits per heavy atom. The molecule has 0 aliphatic carbocycles. The van der Waals surface area contributed by atoms with Crippen molar-refractivity contribution in [1.82, 2.24) is 15.1 Å². The van der Waals surface area contributed by atoms with E-state index >= 15 is 0 Å². The molecule has 2 aromatic rings. The summed E-state index contributed by atoms with van der Waals surface area (Å²) in [5.74, 6) is 0.597. The van der Waals surface area contributed by atoms with Gasteiger partial charge >= 0.3 is 0 Å². The van der Waals surface area contributed by atoms with Crippen molar-refractivity contribution in [3.8, 4) is 5.75 Å². The maximum absolute atomic E-state index is 12.1. The van der Waals surface area contributed by atoms with E-state index in [1.165, 1.54) is 0 Å². The Hall–Kier alpha value is -2.01. The van der Waals surface area contributed by atoms with Crippen LogP contribution >= 0.6 is 11.6 Å². The van der Waals surface area contributed by atoms with Crippen LogP contribution in [0.15, 0.2) is 24.3 Å². The van der Waals surface area contributed by atoms with E-state index in [9.17, 15) is 4.79 Å². The molecular formula is C15H18ClN3O2. The number of nitrogens with zero attached hydrogens (tertiary/aromatic N) is 2. The topological polar surface area (TPSA) is 56.2 Å². The van der Waals surface area contributed by atoms with Crippen LogP contribution in [0.25, 0.3) is 0 Å². The third kappa shape index (κ3) is 3.76. The summed E-state index contributed by atoms with van der Waals surface area (Å²) < 4.78 is 7.22. The highest BCUT2D eigenvalue weighted by Crippen LogP contribution is 2.15. The maximum atomic E-state index is 12.1. The Morgan fingerprint density at radius 2 is 2.00 bits per heavy atom. The maximum Gasteiger partial charge on any atom is 0.255 e. The molecule has 0 fully saturated rings. The zero-order chi connectivity index (χ0) is 15.4. The molecule has 0 aliphatic rings. The fourth-order valence-electron chi connectivity index (χ4n) is 2.05. The molecule has 112 valence electrons. The molecule has 0 bridgehead atoms. The smallest absolute Gasteiger partial charge is 0.255 e. The van der Waals surface area contributed by atoms with Crippen molar-refractivity contribution in [2.75, 3.05) is 13.2 Å². The minimum atomic E-state index is -0.127. The number of nitrogens with one attached hydrogen (secondary N) is 1. The first-order valence-corrected chi connectivity index (χ1v) is 7.03.